The second kappa shape index (κ2) is 7.65. The van der Waals surface area contributed by atoms with Crippen LogP contribution < -0.4 is 5.32 Å². The first-order chi connectivity index (χ1) is 9.01. The number of rotatable bonds is 8. The Bertz CT molecular complexity index is 526. The number of para-hydroxylation sites is 1. The quantitative estimate of drug-likeness (QED) is 0.798. The van der Waals surface area contributed by atoms with Gasteiger partial charge in [-0.1, -0.05) is 26.0 Å². The Balaban J connectivity index is 2.82. The summed E-state index contributed by atoms with van der Waals surface area (Å²) >= 11 is 0. The molecule has 0 radical (unpaired) electrons. The lowest BCUT2D eigenvalue weighted by Gasteiger charge is -2.11. The predicted molar refractivity (Wildman–Crippen MR) is 80.8 cm³/mol. The number of nitrogens with one attached hydrogen (secondary N) is 1. The van der Waals surface area contributed by atoms with Crippen LogP contribution in [0.5, 0.6) is 0 Å². The summed E-state index contributed by atoms with van der Waals surface area (Å²) < 4.78 is 35.6. The Labute approximate surface area is 118 Å². The average molecular weight is 303 g/mol. The van der Waals surface area contributed by atoms with Crippen molar-refractivity contribution in [3.8, 4) is 0 Å². The number of hydrogen-bond donors (Lipinski definition) is 1. The van der Waals surface area contributed by atoms with E-state index in [0.29, 0.717) is 35.1 Å². The second-order valence-corrected chi connectivity index (χ2v) is 8.12. The van der Waals surface area contributed by atoms with Gasteiger partial charge >= 0.3 is 0 Å². The summed E-state index contributed by atoms with van der Waals surface area (Å²) in [5, 5.41) is 3.07. The van der Waals surface area contributed by atoms with E-state index >= 15 is 0 Å². The Morgan fingerprint density at radius 2 is 1.89 bits per heavy atom. The average Bonchev–Trinajstić information content (AvgIpc) is 2.39. The van der Waals surface area contributed by atoms with E-state index in [4.69, 9.17) is 0 Å². The van der Waals surface area contributed by atoms with E-state index in [1.807, 2.05) is 13.8 Å². The topological polar surface area (TPSA) is 63.2 Å². The van der Waals surface area contributed by atoms with E-state index in [1.165, 1.54) is 0 Å². The summed E-state index contributed by atoms with van der Waals surface area (Å²) in [6.07, 6.45) is 0.594. The Morgan fingerprint density at radius 3 is 2.53 bits per heavy atom. The zero-order valence-corrected chi connectivity index (χ0v) is 13.0. The van der Waals surface area contributed by atoms with Gasteiger partial charge in [0.25, 0.3) is 0 Å². The lowest BCUT2D eigenvalue weighted by Crippen LogP contribution is -2.15. The zero-order chi connectivity index (χ0) is 14.3. The molecular formula is C13H21NO3S2. The molecule has 0 heterocycles. The van der Waals surface area contributed by atoms with Gasteiger partial charge in [0.2, 0.25) is 0 Å². The van der Waals surface area contributed by atoms with E-state index in [1.54, 1.807) is 24.3 Å². The van der Waals surface area contributed by atoms with Crippen LogP contribution >= 0.6 is 0 Å². The normalized spacial score (nSPS) is 13.2. The molecule has 0 saturated heterocycles. The molecule has 108 valence electrons. The van der Waals surface area contributed by atoms with Gasteiger partial charge in [-0.2, -0.15) is 0 Å². The van der Waals surface area contributed by atoms with Crippen LogP contribution in [0.4, 0.5) is 5.69 Å². The lowest BCUT2D eigenvalue weighted by atomic mass is 10.3. The third-order valence-electron chi connectivity index (χ3n) is 2.66. The molecule has 6 heteroatoms. The van der Waals surface area contributed by atoms with E-state index in [-0.39, 0.29) is 5.75 Å². The highest BCUT2D eigenvalue weighted by atomic mass is 32.2. The molecule has 0 aliphatic heterocycles. The zero-order valence-electron chi connectivity index (χ0n) is 11.4. The molecular weight excluding hydrogens is 282 g/mol. The van der Waals surface area contributed by atoms with Gasteiger partial charge in [-0.05, 0) is 18.6 Å². The maximum atomic E-state index is 12.1. The highest BCUT2D eigenvalue weighted by molar-refractivity contribution is 7.91. The summed E-state index contributed by atoms with van der Waals surface area (Å²) in [6, 6.07) is 6.88. The maximum Gasteiger partial charge on any atom is 0.180 e. The molecule has 1 aromatic carbocycles. The van der Waals surface area contributed by atoms with Crippen molar-refractivity contribution in [3.63, 3.8) is 0 Å². The molecule has 1 aromatic rings. The van der Waals surface area contributed by atoms with Gasteiger partial charge in [-0.15, -0.1) is 0 Å². The standard InChI is InChI=1S/C13H21NO3S2/c1-3-11-19(16,17)13-8-6-5-7-12(13)14-9-10-18(15)4-2/h5-8,14H,3-4,9-11H2,1-2H3. The van der Waals surface area contributed by atoms with E-state index in [0.717, 1.165) is 0 Å². The smallest absolute Gasteiger partial charge is 0.180 e. The van der Waals surface area contributed by atoms with E-state index < -0.39 is 20.6 Å². The fourth-order valence-corrected chi connectivity index (χ4v) is 3.84. The maximum absolute atomic E-state index is 12.1. The van der Waals surface area contributed by atoms with Gasteiger partial charge in [0, 0.05) is 28.9 Å². The van der Waals surface area contributed by atoms with Gasteiger partial charge in [-0.3, -0.25) is 4.21 Å². The first kappa shape index (κ1) is 16.2. The van der Waals surface area contributed by atoms with Gasteiger partial charge in [0.05, 0.1) is 16.3 Å². The molecule has 0 aliphatic carbocycles. The highest BCUT2D eigenvalue weighted by Crippen LogP contribution is 2.22. The summed E-state index contributed by atoms with van der Waals surface area (Å²) in [6.45, 7) is 4.23. The Kier molecular flexibility index (Phi) is 6.51. The molecule has 1 rings (SSSR count). The van der Waals surface area contributed by atoms with Crippen LogP contribution in [0.15, 0.2) is 29.2 Å². The molecule has 19 heavy (non-hydrogen) atoms. The van der Waals surface area contributed by atoms with Crippen molar-refractivity contribution in [2.75, 3.05) is 29.1 Å². The third kappa shape index (κ3) is 4.95. The molecule has 0 fully saturated rings. The molecule has 0 bridgehead atoms. The highest BCUT2D eigenvalue weighted by Gasteiger charge is 2.16. The largest absolute Gasteiger partial charge is 0.383 e. The van der Waals surface area contributed by atoms with Crippen LogP contribution in [0, 0.1) is 0 Å². The summed E-state index contributed by atoms with van der Waals surface area (Å²) in [5.74, 6) is 1.29. The fourth-order valence-electron chi connectivity index (χ4n) is 1.71. The van der Waals surface area contributed by atoms with Crippen LogP contribution in [0.3, 0.4) is 0 Å². The van der Waals surface area contributed by atoms with Crippen LogP contribution in [0.1, 0.15) is 20.3 Å². The third-order valence-corrected chi connectivity index (χ3v) is 5.94. The van der Waals surface area contributed by atoms with Crippen LogP contribution in [0.25, 0.3) is 0 Å². The lowest BCUT2D eigenvalue weighted by molar-refractivity contribution is 0.595. The first-order valence-corrected chi connectivity index (χ1v) is 9.56. The monoisotopic (exact) mass is 303 g/mol. The molecule has 1 N–H and O–H groups in total. The van der Waals surface area contributed by atoms with Crippen LogP contribution in [-0.2, 0) is 20.6 Å². The summed E-state index contributed by atoms with van der Waals surface area (Å²) in [5.41, 5.74) is 0.601. The number of benzene rings is 1. The number of anilines is 1. The minimum atomic E-state index is -3.24. The SMILES string of the molecule is CCCS(=O)(=O)c1ccccc1NCCS(=O)CC. The molecule has 0 saturated carbocycles. The second-order valence-electron chi connectivity index (χ2n) is 4.17. The summed E-state index contributed by atoms with van der Waals surface area (Å²) in [4.78, 5) is 0.333. The van der Waals surface area contributed by atoms with Crippen LogP contribution in [-0.4, -0.2) is 36.4 Å². The predicted octanol–water partition coefficient (Wildman–Crippen LogP) is 2.05. The van der Waals surface area contributed by atoms with Crippen molar-refractivity contribution in [1.82, 2.24) is 0 Å². The van der Waals surface area contributed by atoms with Crippen molar-refractivity contribution in [2.24, 2.45) is 0 Å². The molecule has 0 spiro atoms. The van der Waals surface area contributed by atoms with Crippen molar-refractivity contribution in [3.05, 3.63) is 24.3 Å². The minimum absolute atomic E-state index is 0.145. The van der Waals surface area contributed by atoms with Crippen LogP contribution in [0.2, 0.25) is 0 Å². The summed E-state index contributed by atoms with van der Waals surface area (Å²) in [7, 11) is -4.08. The molecule has 1 unspecified atom stereocenters. The Hall–Kier alpha value is -0.880. The fraction of sp³-hybridized carbons (Fsp3) is 0.538. The van der Waals surface area contributed by atoms with Crippen molar-refractivity contribution in [1.29, 1.82) is 0 Å². The van der Waals surface area contributed by atoms with E-state index in [9.17, 15) is 12.6 Å². The van der Waals surface area contributed by atoms with Gasteiger partial charge in [0.1, 0.15) is 0 Å². The van der Waals surface area contributed by atoms with Gasteiger partial charge in [-0.25, -0.2) is 8.42 Å². The molecule has 0 aliphatic rings. The number of hydrogen-bond acceptors (Lipinski definition) is 4. The molecule has 4 nitrogen and oxygen atoms in total. The molecule has 0 aromatic heterocycles. The van der Waals surface area contributed by atoms with Crippen molar-refractivity contribution < 1.29 is 12.6 Å². The minimum Gasteiger partial charge on any atom is -0.383 e. The number of sulfone groups is 1. The van der Waals surface area contributed by atoms with Crippen molar-refractivity contribution in [2.45, 2.75) is 25.2 Å². The Morgan fingerprint density at radius 1 is 1.21 bits per heavy atom. The molecule has 0 amide bonds. The molecule has 1 atom stereocenters. The van der Waals surface area contributed by atoms with Gasteiger partial charge < -0.3 is 5.32 Å². The van der Waals surface area contributed by atoms with Crippen molar-refractivity contribution >= 4 is 26.3 Å². The first-order valence-electron chi connectivity index (χ1n) is 6.42. The van der Waals surface area contributed by atoms with Gasteiger partial charge in [0.15, 0.2) is 9.84 Å². The van der Waals surface area contributed by atoms with E-state index in [2.05, 4.69) is 5.32 Å².